The van der Waals surface area contributed by atoms with E-state index in [2.05, 4.69) is 12.2 Å². The van der Waals surface area contributed by atoms with Crippen molar-refractivity contribution in [1.82, 2.24) is 5.32 Å². The van der Waals surface area contributed by atoms with Gasteiger partial charge in [0, 0.05) is 13.2 Å². The average molecular weight is 129 g/mol. The molecule has 0 aromatic carbocycles. The number of ether oxygens (including phenoxy) is 1. The van der Waals surface area contributed by atoms with E-state index in [1.165, 1.54) is 6.42 Å². The molecule has 1 saturated heterocycles. The molecule has 1 aliphatic heterocycles. The first-order valence-electron chi connectivity index (χ1n) is 3.59. The van der Waals surface area contributed by atoms with Gasteiger partial charge in [-0.2, -0.15) is 0 Å². The largest absolute Gasteiger partial charge is 0.381 e. The van der Waals surface area contributed by atoms with Gasteiger partial charge in [0.1, 0.15) is 0 Å². The van der Waals surface area contributed by atoms with Crippen LogP contribution in [0.3, 0.4) is 0 Å². The van der Waals surface area contributed by atoms with Gasteiger partial charge in [-0.05, 0) is 26.3 Å². The summed E-state index contributed by atoms with van der Waals surface area (Å²) in [6.45, 7) is 3.31. The number of piperidine rings is 1. The molecule has 0 amide bonds. The van der Waals surface area contributed by atoms with Crippen LogP contribution in [0.15, 0.2) is 0 Å². The van der Waals surface area contributed by atoms with Gasteiger partial charge in [-0.15, -0.1) is 0 Å². The Kier molecular flexibility index (Phi) is 2.49. The minimum Gasteiger partial charge on any atom is -0.381 e. The molecule has 0 radical (unpaired) electrons. The molecule has 0 bridgehead atoms. The molecule has 0 spiro atoms. The molecule has 0 aromatic heterocycles. The predicted molar refractivity (Wildman–Crippen MR) is 37.5 cm³/mol. The van der Waals surface area contributed by atoms with Crippen LogP contribution in [0.1, 0.15) is 19.8 Å². The highest BCUT2D eigenvalue weighted by molar-refractivity contribution is 4.74. The summed E-state index contributed by atoms with van der Waals surface area (Å²) in [7, 11) is 1.79. The molecule has 2 atom stereocenters. The summed E-state index contributed by atoms with van der Waals surface area (Å²) >= 11 is 0. The van der Waals surface area contributed by atoms with E-state index in [0.717, 1.165) is 13.0 Å². The third-order valence-electron chi connectivity index (χ3n) is 1.91. The zero-order chi connectivity index (χ0) is 6.69. The van der Waals surface area contributed by atoms with Crippen LogP contribution < -0.4 is 5.32 Å². The molecule has 1 rings (SSSR count). The van der Waals surface area contributed by atoms with Crippen molar-refractivity contribution in [3.8, 4) is 0 Å². The molecule has 2 nitrogen and oxygen atoms in total. The zero-order valence-electron chi connectivity index (χ0n) is 6.18. The highest BCUT2D eigenvalue weighted by Gasteiger charge is 2.16. The van der Waals surface area contributed by atoms with Crippen molar-refractivity contribution in [2.75, 3.05) is 13.7 Å². The van der Waals surface area contributed by atoms with Gasteiger partial charge in [-0.1, -0.05) is 0 Å². The Balaban J connectivity index is 2.23. The Hall–Kier alpha value is -0.0800. The SMILES string of the molecule is COC1CCN[C@H](C)C1. The van der Waals surface area contributed by atoms with Crippen molar-refractivity contribution in [2.45, 2.75) is 31.9 Å². The molecule has 1 heterocycles. The zero-order valence-corrected chi connectivity index (χ0v) is 6.18. The van der Waals surface area contributed by atoms with Gasteiger partial charge >= 0.3 is 0 Å². The Morgan fingerprint density at radius 1 is 1.56 bits per heavy atom. The van der Waals surface area contributed by atoms with E-state index >= 15 is 0 Å². The van der Waals surface area contributed by atoms with Gasteiger partial charge in [0.25, 0.3) is 0 Å². The standard InChI is InChI=1S/C7H15NO/c1-6-5-7(9-2)3-4-8-6/h6-8H,3-5H2,1-2H3/t6-,7?/m1/s1. The summed E-state index contributed by atoms with van der Waals surface area (Å²) in [4.78, 5) is 0. The number of hydrogen-bond donors (Lipinski definition) is 1. The fourth-order valence-electron chi connectivity index (χ4n) is 1.30. The normalized spacial score (nSPS) is 36.7. The summed E-state index contributed by atoms with van der Waals surface area (Å²) in [6.07, 6.45) is 2.83. The second kappa shape index (κ2) is 3.18. The molecule has 54 valence electrons. The van der Waals surface area contributed by atoms with Crippen molar-refractivity contribution < 1.29 is 4.74 Å². The molecule has 0 saturated carbocycles. The third kappa shape index (κ3) is 1.95. The molecule has 1 unspecified atom stereocenters. The first kappa shape index (κ1) is 7.03. The predicted octanol–water partition coefficient (Wildman–Crippen LogP) is 0.773. The fourth-order valence-corrected chi connectivity index (χ4v) is 1.30. The molecule has 2 heteroatoms. The van der Waals surface area contributed by atoms with Crippen molar-refractivity contribution in [1.29, 1.82) is 0 Å². The molecule has 1 N–H and O–H groups in total. The number of nitrogens with one attached hydrogen (secondary N) is 1. The van der Waals surface area contributed by atoms with E-state index in [9.17, 15) is 0 Å². The van der Waals surface area contributed by atoms with E-state index in [0.29, 0.717) is 12.1 Å². The summed E-state index contributed by atoms with van der Waals surface area (Å²) in [5.41, 5.74) is 0. The smallest absolute Gasteiger partial charge is 0.0598 e. The number of rotatable bonds is 1. The average Bonchev–Trinajstić information content (AvgIpc) is 1.88. The lowest BCUT2D eigenvalue weighted by Gasteiger charge is -2.26. The van der Waals surface area contributed by atoms with E-state index in [1.807, 2.05) is 0 Å². The van der Waals surface area contributed by atoms with Crippen LogP contribution in [-0.4, -0.2) is 25.8 Å². The van der Waals surface area contributed by atoms with Gasteiger partial charge in [-0.3, -0.25) is 0 Å². The lowest BCUT2D eigenvalue weighted by atomic mass is 10.0. The van der Waals surface area contributed by atoms with Gasteiger partial charge < -0.3 is 10.1 Å². The lowest BCUT2D eigenvalue weighted by molar-refractivity contribution is 0.0647. The summed E-state index contributed by atoms with van der Waals surface area (Å²) < 4.78 is 5.22. The highest BCUT2D eigenvalue weighted by atomic mass is 16.5. The van der Waals surface area contributed by atoms with Crippen molar-refractivity contribution in [3.63, 3.8) is 0 Å². The number of methoxy groups -OCH3 is 1. The Labute approximate surface area is 56.6 Å². The third-order valence-corrected chi connectivity index (χ3v) is 1.91. The van der Waals surface area contributed by atoms with E-state index in [-0.39, 0.29) is 0 Å². The molecule has 1 aliphatic rings. The summed E-state index contributed by atoms with van der Waals surface area (Å²) in [5, 5.41) is 3.37. The van der Waals surface area contributed by atoms with Crippen molar-refractivity contribution in [3.05, 3.63) is 0 Å². The monoisotopic (exact) mass is 129 g/mol. The van der Waals surface area contributed by atoms with E-state index in [1.54, 1.807) is 7.11 Å². The second-order valence-electron chi connectivity index (χ2n) is 2.74. The van der Waals surface area contributed by atoms with Crippen molar-refractivity contribution >= 4 is 0 Å². The van der Waals surface area contributed by atoms with Gasteiger partial charge in [0.2, 0.25) is 0 Å². The Morgan fingerprint density at radius 2 is 2.33 bits per heavy atom. The first-order valence-corrected chi connectivity index (χ1v) is 3.59. The van der Waals surface area contributed by atoms with E-state index < -0.39 is 0 Å². The van der Waals surface area contributed by atoms with Crippen LogP contribution in [-0.2, 0) is 4.74 Å². The minimum absolute atomic E-state index is 0.501. The topological polar surface area (TPSA) is 21.3 Å². The maximum Gasteiger partial charge on any atom is 0.0598 e. The van der Waals surface area contributed by atoms with Gasteiger partial charge in [0.05, 0.1) is 6.10 Å². The molecule has 0 aromatic rings. The fraction of sp³-hybridized carbons (Fsp3) is 1.00. The molecule has 0 aliphatic carbocycles. The quantitative estimate of drug-likeness (QED) is 0.564. The van der Waals surface area contributed by atoms with Crippen LogP contribution in [0.4, 0.5) is 0 Å². The molecular weight excluding hydrogens is 114 g/mol. The Morgan fingerprint density at radius 3 is 2.78 bits per heavy atom. The van der Waals surface area contributed by atoms with E-state index in [4.69, 9.17) is 4.74 Å². The lowest BCUT2D eigenvalue weighted by Crippen LogP contribution is -2.38. The molecular formula is C7H15NO. The van der Waals surface area contributed by atoms with Crippen LogP contribution in [0.5, 0.6) is 0 Å². The minimum atomic E-state index is 0.501. The summed E-state index contributed by atoms with van der Waals surface area (Å²) in [6, 6.07) is 0.642. The summed E-state index contributed by atoms with van der Waals surface area (Å²) in [5.74, 6) is 0. The first-order chi connectivity index (χ1) is 4.33. The number of hydrogen-bond acceptors (Lipinski definition) is 2. The van der Waals surface area contributed by atoms with Gasteiger partial charge in [-0.25, -0.2) is 0 Å². The highest BCUT2D eigenvalue weighted by Crippen LogP contribution is 2.10. The van der Waals surface area contributed by atoms with Gasteiger partial charge in [0.15, 0.2) is 0 Å². The maximum absolute atomic E-state index is 5.22. The maximum atomic E-state index is 5.22. The second-order valence-corrected chi connectivity index (χ2v) is 2.74. The Bertz CT molecular complexity index is 85.0. The van der Waals surface area contributed by atoms with Crippen LogP contribution in [0.2, 0.25) is 0 Å². The van der Waals surface area contributed by atoms with Crippen molar-refractivity contribution in [2.24, 2.45) is 0 Å². The van der Waals surface area contributed by atoms with Crippen LogP contribution in [0.25, 0.3) is 0 Å². The van der Waals surface area contributed by atoms with Crippen LogP contribution in [0, 0.1) is 0 Å². The molecule has 9 heavy (non-hydrogen) atoms. The van der Waals surface area contributed by atoms with Crippen LogP contribution >= 0.6 is 0 Å². The molecule has 1 fully saturated rings.